The van der Waals surface area contributed by atoms with Crippen LogP contribution >= 0.6 is 6.72 Å². The number of H-pyrrole nitrogens is 1. The van der Waals surface area contributed by atoms with Crippen molar-refractivity contribution in [1.82, 2.24) is 39.0 Å². The maximum absolute atomic E-state index is 15.7. The number of halogens is 1. The zero-order valence-corrected chi connectivity index (χ0v) is 33.0. The van der Waals surface area contributed by atoms with Crippen molar-refractivity contribution in [2.24, 2.45) is 5.92 Å². The molecule has 8 atom stereocenters. The molecule has 4 aromatic heterocycles. The molecule has 0 bridgehead atoms. The Kier molecular flexibility index (Phi) is 12.3. The van der Waals surface area contributed by atoms with Gasteiger partial charge in [-0.05, 0) is 30.4 Å². The molecule has 2 fully saturated rings. The fourth-order valence-corrected chi connectivity index (χ4v) is 8.54. The van der Waals surface area contributed by atoms with Crippen LogP contribution in [0.4, 0.5) is 16.2 Å². The number of nitrogens with zero attached hydrogens (tertiary/aromatic N) is 8. The number of alkyl halides is 1. The zero-order chi connectivity index (χ0) is 41.1. The second-order valence-electron chi connectivity index (χ2n) is 13.7. The van der Waals surface area contributed by atoms with Gasteiger partial charge in [-0.2, -0.15) is 10.2 Å². The largest absolute Gasteiger partial charge is 0.385 e. The molecule has 1 aromatic carbocycles. The Morgan fingerprint density at radius 1 is 1.09 bits per heavy atom. The van der Waals surface area contributed by atoms with E-state index in [0.29, 0.717) is 23.1 Å². The lowest BCUT2D eigenvalue weighted by Gasteiger charge is -2.27. The van der Waals surface area contributed by atoms with Crippen molar-refractivity contribution in [3.8, 4) is 6.07 Å². The van der Waals surface area contributed by atoms with Gasteiger partial charge >= 0.3 is 6.72 Å². The van der Waals surface area contributed by atoms with E-state index in [-0.39, 0.29) is 48.3 Å². The molecule has 20 nitrogen and oxygen atoms in total. The first kappa shape index (κ1) is 41.1. The molecule has 0 saturated carbocycles. The number of amides is 2. The molecule has 6 heterocycles. The Morgan fingerprint density at radius 3 is 2.59 bits per heavy atom. The molecular formula is C35H39FN11O9PS. The molecule has 4 N–H and O–H groups in total. The third-order valence-corrected chi connectivity index (χ3v) is 11.8. The van der Waals surface area contributed by atoms with E-state index >= 15 is 4.39 Å². The first-order chi connectivity index (χ1) is 27.9. The molecule has 2 aliphatic rings. The third-order valence-electron chi connectivity index (χ3n) is 9.40. The van der Waals surface area contributed by atoms with Crippen LogP contribution in [0.5, 0.6) is 0 Å². The SMILES string of the molecule is CC[C@H]1O[C@@H](n2cnc3c(NC(=O)c4ccccc4)ncnc32)C[C@H]1OP(=S)(OCCC#N)OC[C@H]1O[C@@H](n2cnc3c(=O)[nH]c(NC(=O)C(C)C)nc32)[C@H](O)[C@@H]1F. The molecule has 0 spiro atoms. The van der Waals surface area contributed by atoms with Crippen LogP contribution in [-0.2, 0) is 39.6 Å². The second-order valence-corrected chi connectivity index (χ2v) is 16.6. The molecule has 2 amide bonds. The summed E-state index contributed by atoms with van der Waals surface area (Å²) in [5.41, 5.74) is 0.300. The summed E-state index contributed by atoms with van der Waals surface area (Å²) in [6.45, 7) is 0.796. The highest BCUT2D eigenvalue weighted by Gasteiger charge is 2.47. The predicted octanol–water partition coefficient (Wildman–Crippen LogP) is 3.66. The summed E-state index contributed by atoms with van der Waals surface area (Å²) < 4.78 is 49.1. The molecule has 1 unspecified atom stereocenters. The quantitative estimate of drug-likeness (QED) is 0.0867. The van der Waals surface area contributed by atoms with Crippen LogP contribution in [0.15, 0.2) is 54.1 Å². The smallest absolute Gasteiger partial charge is 0.327 e. The van der Waals surface area contributed by atoms with Crippen molar-refractivity contribution in [2.75, 3.05) is 23.8 Å². The van der Waals surface area contributed by atoms with E-state index in [4.69, 9.17) is 34.9 Å². The maximum Gasteiger partial charge on any atom is 0.327 e. The minimum atomic E-state index is -3.75. The first-order valence-corrected chi connectivity index (χ1v) is 20.8. The number of anilines is 2. The number of ether oxygens (including phenoxy) is 2. The van der Waals surface area contributed by atoms with Crippen molar-refractivity contribution >= 4 is 64.4 Å². The van der Waals surface area contributed by atoms with Crippen molar-refractivity contribution in [3.63, 3.8) is 0 Å². The summed E-state index contributed by atoms with van der Waals surface area (Å²) in [6, 6.07) is 10.6. The van der Waals surface area contributed by atoms with Crippen LogP contribution in [0.1, 0.15) is 62.8 Å². The topological polar surface area (TPSA) is 256 Å². The number of benzene rings is 1. The monoisotopic (exact) mass is 839 g/mol. The number of hydrogen-bond donors (Lipinski definition) is 4. The lowest BCUT2D eigenvalue weighted by molar-refractivity contribution is -0.118. The number of aromatic nitrogens is 8. The van der Waals surface area contributed by atoms with Gasteiger partial charge in [0, 0.05) is 17.9 Å². The van der Waals surface area contributed by atoms with Gasteiger partial charge in [0.2, 0.25) is 11.9 Å². The lowest BCUT2D eigenvalue weighted by Crippen LogP contribution is -2.30. The number of carbonyl (C=O) groups is 2. The van der Waals surface area contributed by atoms with Crippen LogP contribution in [0, 0.1) is 17.2 Å². The molecule has 58 heavy (non-hydrogen) atoms. The van der Waals surface area contributed by atoms with Gasteiger partial charge in [-0.1, -0.05) is 39.0 Å². The van der Waals surface area contributed by atoms with Crippen LogP contribution in [0.3, 0.4) is 0 Å². The van der Waals surface area contributed by atoms with E-state index < -0.39 is 73.8 Å². The number of aliphatic hydroxyl groups is 1. The molecule has 306 valence electrons. The summed E-state index contributed by atoms with van der Waals surface area (Å²) in [5, 5.41) is 25.4. The minimum Gasteiger partial charge on any atom is -0.385 e. The molecular weight excluding hydrogens is 800 g/mol. The molecule has 7 rings (SSSR count). The number of rotatable bonds is 15. The fourth-order valence-electron chi connectivity index (χ4n) is 6.41. The van der Waals surface area contributed by atoms with Gasteiger partial charge in [0.15, 0.2) is 40.5 Å². The van der Waals surface area contributed by atoms with E-state index in [9.17, 15) is 24.8 Å². The molecule has 23 heteroatoms. The number of fused-ring (bicyclic) bond motifs is 2. The molecule has 2 aliphatic heterocycles. The van der Waals surface area contributed by atoms with E-state index in [2.05, 4.69) is 40.5 Å². The molecule has 5 aromatic rings. The number of nitrogens with one attached hydrogen (secondary N) is 3. The van der Waals surface area contributed by atoms with Crippen molar-refractivity contribution in [3.05, 3.63) is 65.2 Å². The van der Waals surface area contributed by atoms with Crippen LogP contribution in [0.25, 0.3) is 22.3 Å². The minimum absolute atomic E-state index is 0.0398. The van der Waals surface area contributed by atoms with Crippen molar-refractivity contribution in [2.45, 2.75) is 83.1 Å². The molecule has 0 radical (unpaired) electrons. The van der Waals surface area contributed by atoms with Crippen molar-refractivity contribution in [1.29, 1.82) is 5.26 Å². The number of hydrogen-bond acceptors (Lipinski definition) is 16. The van der Waals surface area contributed by atoms with E-state index in [1.165, 1.54) is 23.5 Å². The normalized spacial score (nSPS) is 24.3. The summed E-state index contributed by atoms with van der Waals surface area (Å²) >= 11 is 5.78. The number of aromatic amines is 1. The summed E-state index contributed by atoms with van der Waals surface area (Å²) in [5.74, 6) is -1.14. The molecule has 0 aliphatic carbocycles. The van der Waals surface area contributed by atoms with Gasteiger partial charge in [0.05, 0.1) is 50.6 Å². The van der Waals surface area contributed by atoms with Crippen LogP contribution in [-0.4, -0.2) is 99.8 Å². The average Bonchev–Trinajstić information content (AvgIpc) is 4.00. The van der Waals surface area contributed by atoms with Gasteiger partial charge in [-0.25, -0.2) is 24.3 Å². The Bertz CT molecular complexity index is 2440. The average molecular weight is 840 g/mol. The fraction of sp³-hybridized carbons (Fsp3) is 0.457. The van der Waals surface area contributed by atoms with Gasteiger partial charge < -0.3 is 33.5 Å². The maximum atomic E-state index is 15.7. The van der Waals surface area contributed by atoms with Crippen molar-refractivity contribution < 1.29 is 42.1 Å². The lowest BCUT2D eigenvalue weighted by atomic mass is 10.1. The zero-order valence-electron chi connectivity index (χ0n) is 31.3. The van der Waals surface area contributed by atoms with Gasteiger partial charge in [0.1, 0.15) is 24.8 Å². The number of imidazole rings is 2. The van der Waals surface area contributed by atoms with E-state index in [0.717, 1.165) is 0 Å². The number of carbonyl (C=O) groups excluding carboxylic acids is 2. The summed E-state index contributed by atoms with van der Waals surface area (Å²) in [6.07, 6.45) is -3.75. The highest BCUT2D eigenvalue weighted by Crippen LogP contribution is 2.54. The highest BCUT2D eigenvalue weighted by molar-refractivity contribution is 8.07. The summed E-state index contributed by atoms with van der Waals surface area (Å²) in [4.78, 5) is 61.7. The number of nitriles is 1. The Hall–Kier alpha value is -5.11. The number of aliphatic hydroxyl groups excluding tert-OH is 1. The Balaban J connectivity index is 1.06. The predicted molar refractivity (Wildman–Crippen MR) is 206 cm³/mol. The van der Waals surface area contributed by atoms with Crippen LogP contribution < -0.4 is 16.2 Å². The standard InChI is InChI=1S/C35H39FN11O9PS/c1-4-20-21(13-23(54-20)46-16-40-25-28(38-15-39-29(25)46)42-32(50)19-9-6-5-7-10-19)56-57(58,52-12-8-11-37)53-14-22-24(36)27(48)34(55-22)47-17-41-26-30(47)43-35(45-33(26)51)44-31(49)18(2)3/h5-7,9-10,15-18,20-24,27,34,48H,4,8,12-14H2,1-3H3,(H,38,39,42,50)(H2,43,44,45,49,51)/t20-,21-,22-,23-,24-,27-,34-,57?/m1/s1. The third kappa shape index (κ3) is 8.53. The van der Waals surface area contributed by atoms with Gasteiger partial charge in [0.25, 0.3) is 11.5 Å². The Morgan fingerprint density at radius 2 is 1.84 bits per heavy atom. The van der Waals surface area contributed by atoms with Crippen LogP contribution in [0.2, 0.25) is 0 Å². The van der Waals surface area contributed by atoms with E-state index in [1.807, 2.05) is 13.0 Å². The second kappa shape index (κ2) is 17.4. The van der Waals surface area contributed by atoms with E-state index in [1.54, 1.807) is 48.7 Å². The first-order valence-electron chi connectivity index (χ1n) is 18.3. The van der Waals surface area contributed by atoms with Gasteiger partial charge in [-0.15, -0.1) is 0 Å². The Labute approximate surface area is 334 Å². The highest BCUT2D eigenvalue weighted by atomic mass is 32.5. The molecule has 2 saturated heterocycles. The van der Waals surface area contributed by atoms with Gasteiger partial charge in [-0.3, -0.25) is 33.8 Å². The summed E-state index contributed by atoms with van der Waals surface area (Å²) in [7, 11) is 0.